The predicted octanol–water partition coefficient (Wildman–Crippen LogP) is 2.66. The summed E-state index contributed by atoms with van der Waals surface area (Å²) in [5.74, 6) is -0.124. The van der Waals surface area contributed by atoms with E-state index in [1.165, 1.54) is 22.5 Å². The zero-order chi connectivity index (χ0) is 16.2. The molecule has 0 spiro atoms. The lowest BCUT2D eigenvalue weighted by Crippen LogP contribution is -2.37. The number of aromatic nitrogens is 1. The number of nitrogens with zero attached hydrogens (tertiary/aromatic N) is 1. The number of carbonyl (C=O) groups is 1. The smallest absolute Gasteiger partial charge is 0.270 e. The van der Waals surface area contributed by atoms with E-state index in [9.17, 15) is 4.79 Å². The fraction of sp³-hybridized carbons (Fsp3) is 0.412. The average Bonchev–Trinajstić information content (AvgIpc) is 2.94. The number of amides is 1. The minimum absolute atomic E-state index is 0.124. The molecular weight excluding hydrogens is 294 g/mol. The maximum Gasteiger partial charge on any atom is 0.270 e. The second kappa shape index (κ2) is 7.03. The summed E-state index contributed by atoms with van der Waals surface area (Å²) in [6, 6.07) is 8.27. The van der Waals surface area contributed by atoms with Crippen LogP contribution >= 0.6 is 11.3 Å². The molecule has 4 nitrogen and oxygen atoms in total. The fourth-order valence-corrected chi connectivity index (χ4v) is 3.27. The van der Waals surface area contributed by atoms with E-state index in [-0.39, 0.29) is 11.3 Å². The number of nitrogens with one attached hydrogen (secondary N) is 1. The van der Waals surface area contributed by atoms with Gasteiger partial charge in [0.1, 0.15) is 5.69 Å². The molecule has 2 aromatic rings. The number of benzene rings is 1. The zero-order valence-electron chi connectivity index (χ0n) is 13.3. The topological polar surface area (TPSA) is 68.0 Å². The van der Waals surface area contributed by atoms with Gasteiger partial charge in [0.25, 0.3) is 5.91 Å². The third-order valence-electron chi connectivity index (χ3n) is 3.71. The Morgan fingerprint density at radius 2 is 2.09 bits per heavy atom. The Bertz CT molecular complexity index is 649. The van der Waals surface area contributed by atoms with Crippen molar-refractivity contribution in [1.82, 2.24) is 10.3 Å². The quantitative estimate of drug-likeness (QED) is 0.860. The summed E-state index contributed by atoms with van der Waals surface area (Å²) >= 11 is 1.48. The monoisotopic (exact) mass is 317 g/mol. The molecule has 118 valence electrons. The molecule has 22 heavy (non-hydrogen) atoms. The van der Waals surface area contributed by atoms with Crippen molar-refractivity contribution in [2.24, 2.45) is 5.73 Å². The van der Waals surface area contributed by atoms with Crippen molar-refractivity contribution >= 4 is 17.2 Å². The second-order valence-corrected chi connectivity index (χ2v) is 6.99. The minimum Gasteiger partial charge on any atom is -0.350 e. The summed E-state index contributed by atoms with van der Waals surface area (Å²) in [6.07, 6.45) is 0.715. The number of nitrogens with two attached hydrogens (primary N) is 1. The molecule has 0 saturated carbocycles. The van der Waals surface area contributed by atoms with Crippen molar-refractivity contribution in [2.45, 2.75) is 32.6 Å². The first kappa shape index (κ1) is 16.6. The SMILES string of the molecule is Cc1ccccc1C(C)(C)CNC(=O)c1csc(CCN)n1. The van der Waals surface area contributed by atoms with E-state index < -0.39 is 0 Å². The molecule has 0 unspecified atom stereocenters. The largest absolute Gasteiger partial charge is 0.350 e. The van der Waals surface area contributed by atoms with Crippen molar-refractivity contribution in [3.05, 3.63) is 51.5 Å². The first-order valence-corrected chi connectivity index (χ1v) is 8.31. The lowest BCUT2D eigenvalue weighted by molar-refractivity contribution is 0.0941. The molecule has 0 aliphatic rings. The van der Waals surface area contributed by atoms with Crippen LogP contribution in [0.25, 0.3) is 0 Å². The van der Waals surface area contributed by atoms with Gasteiger partial charge in [-0.2, -0.15) is 0 Å². The van der Waals surface area contributed by atoms with E-state index in [1.807, 2.05) is 12.1 Å². The van der Waals surface area contributed by atoms with Crippen molar-refractivity contribution < 1.29 is 4.79 Å². The summed E-state index contributed by atoms with van der Waals surface area (Å²) in [5.41, 5.74) is 8.34. The number of hydrogen-bond donors (Lipinski definition) is 2. The molecule has 1 aromatic carbocycles. The number of carbonyl (C=O) groups excluding carboxylic acids is 1. The molecule has 0 radical (unpaired) electrons. The molecule has 5 heteroatoms. The van der Waals surface area contributed by atoms with Crippen LogP contribution in [0.5, 0.6) is 0 Å². The molecule has 0 bridgehead atoms. The van der Waals surface area contributed by atoms with Crippen LogP contribution in [-0.4, -0.2) is 24.0 Å². The Kier molecular flexibility index (Phi) is 5.32. The summed E-state index contributed by atoms with van der Waals surface area (Å²) in [5, 5.41) is 5.70. The highest BCUT2D eigenvalue weighted by Gasteiger charge is 2.23. The Balaban J connectivity index is 2.01. The van der Waals surface area contributed by atoms with Crippen molar-refractivity contribution in [2.75, 3.05) is 13.1 Å². The van der Waals surface area contributed by atoms with Gasteiger partial charge in [0.15, 0.2) is 0 Å². The Morgan fingerprint density at radius 1 is 1.36 bits per heavy atom. The van der Waals surface area contributed by atoms with Gasteiger partial charge in [0.2, 0.25) is 0 Å². The van der Waals surface area contributed by atoms with Gasteiger partial charge in [-0.1, -0.05) is 38.1 Å². The lowest BCUT2D eigenvalue weighted by Gasteiger charge is -2.27. The van der Waals surface area contributed by atoms with Crippen LogP contribution < -0.4 is 11.1 Å². The maximum absolute atomic E-state index is 12.2. The number of aryl methyl sites for hydroxylation is 1. The van der Waals surface area contributed by atoms with Gasteiger partial charge >= 0.3 is 0 Å². The normalized spacial score (nSPS) is 11.5. The molecular formula is C17H23N3OS. The first-order chi connectivity index (χ1) is 10.4. The van der Waals surface area contributed by atoms with E-state index in [1.54, 1.807) is 5.38 Å². The highest BCUT2D eigenvalue weighted by atomic mass is 32.1. The Morgan fingerprint density at radius 3 is 2.77 bits per heavy atom. The van der Waals surface area contributed by atoms with Crippen molar-refractivity contribution in [3.8, 4) is 0 Å². The molecule has 1 heterocycles. The molecule has 1 aromatic heterocycles. The molecule has 0 aliphatic heterocycles. The number of hydrogen-bond acceptors (Lipinski definition) is 4. The van der Waals surface area contributed by atoms with E-state index in [0.717, 1.165) is 5.01 Å². The van der Waals surface area contributed by atoms with Gasteiger partial charge in [-0.25, -0.2) is 4.98 Å². The van der Waals surface area contributed by atoms with Gasteiger partial charge in [-0.15, -0.1) is 11.3 Å². The predicted molar refractivity (Wildman–Crippen MR) is 91.4 cm³/mol. The minimum atomic E-state index is -0.128. The van der Waals surface area contributed by atoms with Crippen LogP contribution in [0.4, 0.5) is 0 Å². The van der Waals surface area contributed by atoms with Crippen LogP contribution in [0.15, 0.2) is 29.6 Å². The van der Waals surface area contributed by atoms with Crippen LogP contribution in [0.3, 0.4) is 0 Å². The lowest BCUT2D eigenvalue weighted by atomic mass is 9.82. The third kappa shape index (κ3) is 3.93. The number of rotatable bonds is 6. The third-order valence-corrected chi connectivity index (χ3v) is 4.62. The molecule has 1 amide bonds. The summed E-state index contributed by atoms with van der Waals surface area (Å²) in [6.45, 7) is 7.49. The summed E-state index contributed by atoms with van der Waals surface area (Å²) < 4.78 is 0. The molecule has 0 atom stereocenters. The van der Waals surface area contributed by atoms with Crippen LogP contribution in [0.2, 0.25) is 0 Å². The molecule has 0 saturated heterocycles. The van der Waals surface area contributed by atoms with Gasteiger partial charge in [-0.05, 0) is 24.6 Å². The summed E-state index contributed by atoms with van der Waals surface area (Å²) in [4.78, 5) is 16.5. The highest BCUT2D eigenvalue weighted by molar-refractivity contribution is 7.09. The van der Waals surface area contributed by atoms with Gasteiger partial charge < -0.3 is 11.1 Å². The first-order valence-electron chi connectivity index (χ1n) is 7.43. The van der Waals surface area contributed by atoms with E-state index in [0.29, 0.717) is 25.2 Å². The van der Waals surface area contributed by atoms with Crippen LogP contribution in [0, 0.1) is 6.92 Å². The maximum atomic E-state index is 12.2. The molecule has 2 rings (SSSR count). The standard InChI is InChI=1S/C17H23N3OS/c1-12-6-4-5-7-13(12)17(2,3)11-19-16(21)14-10-22-15(20-14)8-9-18/h4-7,10H,8-9,11,18H2,1-3H3,(H,19,21). The van der Waals surface area contributed by atoms with Gasteiger partial charge in [0, 0.05) is 23.8 Å². The van der Waals surface area contributed by atoms with Crippen LogP contribution in [-0.2, 0) is 11.8 Å². The summed E-state index contributed by atoms with van der Waals surface area (Å²) in [7, 11) is 0. The van der Waals surface area contributed by atoms with Gasteiger partial charge in [-0.3, -0.25) is 4.79 Å². The molecule has 0 aliphatic carbocycles. The second-order valence-electron chi connectivity index (χ2n) is 6.05. The zero-order valence-corrected chi connectivity index (χ0v) is 14.2. The number of thiazole rings is 1. The fourth-order valence-electron chi connectivity index (χ4n) is 2.47. The van der Waals surface area contributed by atoms with Crippen molar-refractivity contribution in [1.29, 1.82) is 0 Å². The van der Waals surface area contributed by atoms with E-state index >= 15 is 0 Å². The molecule has 0 fully saturated rings. The molecule has 3 N–H and O–H groups in total. The Hall–Kier alpha value is -1.72. The van der Waals surface area contributed by atoms with Crippen LogP contribution in [0.1, 0.15) is 40.5 Å². The van der Waals surface area contributed by atoms with Crippen molar-refractivity contribution in [3.63, 3.8) is 0 Å². The average molecular weight is 317 g/mol. The Labute approximate surface area is 135 Å². The van der Waals surface area contributed by atoms with E-state index in [2.05, 4.69) is 43.2 Å². The van der Waals surface area contributed by atoms with E-state index in [4.69, 9.17) is 5.73 Å². The van der Waals surface area contributed by atoms with Gasteiger partial charge in [0.05, 0.1) is 5.01 Å². The highest BCUT2D eigenvalue weighted by Crippen LogP contribution is 2.25.